The van der Waals surface area contributed by atoms with Crippen molar-refractivity contribution in [2.75, 3.05) is 44.2 Å². The van der Waals surface area contributed by atoms with Crippen LogP contribution in [0.3, 0.4) is 0 Å². The predicted molar refractivity (Wildman–Crippen MR) is 114 cm³/mol. The normalized spacial score (nSPS) is 15.0. The summed E-state index contributed by atoms with van der Waals surface area (Å²) in [6.45, 7) is 5.43. The van der Waals surface area contributed by atoms with Gasteiger partial charge in [-0.2, -0.15) is 5.10 Å². The molecule has 156 valence electrons. The predicted octanol–water partition coefficient (Wildman–Crippen LogP) is 0.916. The minimum Gasteiger partial charge on any atom is -0.357 e. The fourth-order valence-corrected chi connectivity index (χ4v) is 3.70. The van der Waals surface area contributed by atoms with Crippen LogP contribution in [0.25, 0.3) is 0 Å². The van der Waals surface area contributed by atoms with Crippen molar-refractivity contribution in [1.82, 2.24) is 25.3 Å². The average molecular weight is 418 g/mol. The Hall–Kier alpha value is -2.88. The molecule has 0 aromatic carbocycles. The number of aryl methyl sites for hydroxylation is 1. The number of guanidine groups is 1. The summed E-state index contributed by atoms with van der Waals surface area (Å²) in [5.41, 5.74) is 0.820. The molecule has 1 aliphatic heterocycles. The number of rotatable bonds is 7. The topological polar surface area (TPSA) is 94.9 Å². The summed E-state index contributed by atoms with van der Waals surface area (Å²) in [4.78, 5) is 33.6. The number of carbonyl (C=O) groups excluding carboxylic acids is 2. The first kappa shape index (κ1) is 20.8. The largest absolute Gasteiger partial charge is 0.357 e. The maximum absolute atomic E-state index is 12.6. The molecule has 0 aliphatic carbocycles. The number of aromatic nitrogens is 2. The van der Waals surface area contributed by atoms with Crippen LogP contribution in [0.5, 0.6) is 0 Å². The highest BCUT2D eigenvalue weighted by Crippen LogP contribution is 2.16. The molecular weight excluding hydrogens is 390 g/mol. The molecule has 1 fully saturated rings. The van der Waals surface area contributed by atoms with Gasteiger partial charge < -0.3 is 20.4 Å². The highest BCUT2D eigenvalue weighted by atomic mass is 32.1. The molecule has 0 saturated carbocycles. The molecule has 2 N–H and O–H groups in total. The number of piperazine rings is 1. The average Bonchev–Trinajstić information content (AvgIpc) is 3.38. The Labute approximate surface area is 174 Å². The molecule has 2 aromatic rings. The molecule has 3 rings (SSSR count). The Morgan fingerprint density at radius 2 is 2.21 bits per heavy atom. The van der Waals surface area contributed by atoms with Crippen molar-refractivity contribution in [1.29, 1.82) is 0 Å². The molecule has 0 bridgehead atoms. The van der Waals surface area contributed by atoms with Gasteiger partial charge in [0.05, 0.1) is 16.8 Å². The van der Waals surface area contributed by atoms with Crippen molar-refractivity contribution in [3.05, 3.63) is 34.8 Å². The van der Waals surface area contributed by atoms with Crippen molar-refractivity contribution < 1.29 is 9.59 Å². The Balaban J connectivity index is 1.48. The van der Waals surface area contributed by atoms with E-state index in [2.05, 4.69) is 20.7 Å². The number of nitrogens with one attached hydrogen (secondary N) is 2. The minimum absolute atomic E-state index is 0.0260. The standard InChI is InChI=1S/C19H27N7O2S/c1-3-20-19(22-8-5-7-21-18(28)16-6-4-11-29-16)25-9-10-26(17(27)14-25)15-12-23-24(2)13-15/h4,6,11-13H,3,5,7-10,14H2,1-2H3,(H,20,22)(H,21,28). The first-order valence-corrected chi connectivity index (χ1v) is 10.6. The van der Waals surface area contributed by atoms with Crippen molar-refractivity contribution in [2.24, 2.45) is 12.0 Å². The Bertz CT molecular complexity index is 847. The fraction of sp³-hybridized carbons (Fsp3) is 0.474. The van der Waals surface area contributed by atoms with Crippen LogP contribution in [0.15, 0.2) is 34.9 Å². The number of hydrogen-bond donors (Lipinski definition) is 2. The summed E-state index contributed by atoms with van der Waals surface area (Å²) in [6, 6.07) is 3.67. The smallest absolute Gasteiger partial charge is 0.261 e. The van der Waals surface area contributed by atoms with Crippen molar-refractivity contribution in [2.45, 2.75) is 13.3 Å². The molecule has 0 unspecified atom stereocenters. The van der Waals surface area contributed by atoms with Gasteiger partial charge in [-0.05, 0) is 24.8 Å². The highest BCUT2D eigenvalue weighted by Gasteiger charge is 2.27. The molecule has 0 spiro atoms. The summed E-state index contributed by atoms with van der Waals surface area (Å²) in [7, 11) is 1.84. The Morgan fingerprint density at radius 3 is 2.86 bits per heavy atom. The van der Waals surface area contributed by atoms with Crippen LogP contribution < -0.4 is 15.5 Å². The van der Waals surface area contributed by atoms with Crippen LogP contribution >= 0.6 is 11.3 Å². The zero-order valence-electron chi connectivity index (χ0n) is 16.8. The van der Waals surface area contributed by atoms with E-state index in [1.807, 2.05) is 42.6 Å². The SMILES string of the molecule is CCNC(=NCCCNC(=O)c1cccs1)N1CCN(c2cnn(C)c2)C(=O)C1. The molecule has 1 saturated heterocycles. The van der Waals surface area contributed by atoms with Gasteiger partial charge in [-0.3, -0.25) is 19.3 Å². The van der Waals surface area contributed by atoms with Gasteiger partial charge in [0.15, 0.2) is 5.96 Å². The van der Waals surface area contributed by atoms with Crippen LogP contribution in [0.2, 0.25) is 0 Å². The summed E-state index contributed by atoms with van der Waals surface area (Å²) in [5, 5.41) is 12.2. The molecule has 9 nitrogen and oxygen atoms in total. The minimum atomic E-state index is -0.0481. The first-order chi connectivity index (χ1) is 14.1. The summed E-state index contributed by atoms with van der Waals surface area (Å²) in [5.74, 6) is 0.711. The third-order valence-corrected chi connectivity index (χ3v) is 5.35. The molecule has 2 aromatic heterocycles. The zero-order valence-corrected chi connectivity index (χ0v) is 17.6. The van der Waals surface area contributed by atoms with Crippen molar-refractivity contribution in [3.8, 4) is 0 Å². The third-order valence-electron chi connectivity index (χ3n) is 4.49. The van der Waals surface area contributed by atoms with Crippen LogP contribution in [-0.4, -0.2) is 71.7 Å². The van der Waals surface area contributed by atoms with E-state index in [1.54, 1.807) is 15.8 Å². The second-order valence-corrected chi connectivity index (χ2v) is 7.61. The van der Waals surface area contributed by atoms with Gasteiger partial charge in [0, 0.05) is 46.0 Å². The molecule has 29 heavy (non-hydrogen) atoms. The number of carbonyl (C=O) groups is 2. The number of nitrogens with zero attached hydrogens (tertiary/aromatic N) is 5. The van der Waals surface area contributed by atoms with Crippen LogP contribution in [-0.2, 0) is 11.8 Å². The lowest BCUT2D eigenvalue weighted by molar-refractivity contribution is -0.120. The number of aliphatic imine (C=N–C) groups is 1. The number of amides is 2. The molecule has 1 aliphatic rings. The highest BCUT2D eigenvalue weighted by molar-refractivity contribution is 7.12. The van der Waals surface area contributed by atoms with Gasteiger partial charge in [0.25, 0.3) is 5.91 Å². The summed E-state index contributed by atoms with van der Waals surface area (Å²) < 4.78 is 1.69. The van der Waals surface area contributed by atoms with E-state index in [4.69, 9.17) is 0 Å². The van der Waals surface area contributed by atoms with Crippen LogP contribution in [0, 0.1) is 0 Å². The molecule has 10 heteroatoms. The molecule has 0 atom stereocenters. The quantitative estimate of drug-likeness (QED) is 0.397. The first-order valence-electron chi connectivity index (χ1n) is 9.72. The second kappa shape index (κ2) is 10.1. The van der Waals surface area contributed by atoms with Gasteiger partial charge in [0.1, 0.15) is 6.54 Å². The lowest BCUT2D eigenvalue weighted by atomic mass is 10.3. The second-order valence-electron chi connectivity index (χ2n) is 6.66. The van der Waals surface area contributed by atoms with E-state index >= 15 is 0 Å². The van der Waals surface area contributed by atoms with Gasteiger partial charge in [0.2, 0.25) is 5.91 Å². The monoisotopic (exact) mass is 417 g/mol. The molecule has 0 radical (unpaired) electrons. The van der Waals surface area contributed by atoms with Gasteiger partial charge >= 0.3 is 0 Å². The van der Waals surface area contributed by atoms with E-state index in [0.29, 0.717) is 31.1 Å². The van der Waals surface area contributed by atoms with Crippen LogP contribution in [0.1, 0.15) is 23.0 Å². The van der Waals surface area contributed by atoms with E-state index in [1.165, 1.54) is 11.3 Å². The van der Waals surface area contributed by atoms with Crippen molar-refractivity contribution in [3.63, 3.8) is 0 Å². The maximum Gasteiger partial charge on any atom is 0.261 e. The number of thiophene rings is 1. The summed E-state index contributed by atoms with van der Waals surface area (Å²) in [6.07, 6.45) is 4.28. The Morgan fingerprint density at radius 1 is 1.34 bits per heavy atom. The maximum atomic E-state index is 12.6. The van der Waals surface area contributed by atoms with Gasteiger partial charge in [-0.15, -0.1) is 11.3 Å². The zero-order chi connectivity index (χ0) is 20.6. The molecule has 3 heterocycles. The van der Waals surface area contributed by atoms with E-state index in [0.717, 1.165) is 24.6 Å². The molecule has 2 amide bonds. The van der Waals surface area contributed by atoms with E-state index in [9.17, 15) is 9.59 Å². The summed E-state index contributed by atoms with van der Waals surface area (Å²) >= 11 is 1.43. The number of anilines is 1. The third kappa shape index (κ3) is 5.57. The number of hydrogen-bond acceptors (Lipinski definition) is 5. The Kier molecular flexibility index (Phi) is 7.23. The van der Waals surface area contributed by atoms with Gasteiger partial charge in [-0.25, -0.2) is 0 Å². The van der Waals surface area contributed by atoms with E-state index < -0.39 is 0 Å². The fourth-order valence-electron chi connectivity index (χ4n) is 3.06. The van der Waals surface area contributed by atoms with E-state index in [-0.39, 0.29) is 18.4 Å². The van der Waals surface area contributed by atoms with Crippen molar-refractivity contribution >= 4 is 34.8 Å². The van der Waals surface area contributed by atoms with Crippen LogP contribution in [0.4, 0.5) is 5.69 Å². The molecular formula is C19H27N7O2S. The lowest BCUT2D eigenvalue weighted by Gasteiger charge is -2.35. The van der Waals surface area contributed by atoms with Gasteiger partial charge in [-0.1, -0.05) is 6.07 Å². The lowest BCUT2D eigenvalue weighted by Crippen LogP contribution is -2.55.